The lowest BCUT2D eigenvalue weighted by atomic mass is 10.0. The van der Waals surface area contributed by atoms with E-state index >= 15 is 0 Å². The van der Waals surface area contributed by atoms with Gasteiger partial charge in [-0.05, 0) is 12.3 Å². The van der Waals surface area contributed by atoms with Crippen molar-refractivity contribution < 1.29 is 23.5 Å². The molecule has 0 saturated heterocycles. The molecule has 4 nitrogen and oxygen atoms in total. The quantitative estimate of drug-likeness (QED) is 0.843. The largest absolute Gasteiger partial charge is 0.480 e. The van der Waals surface area contributed by atoms with E-state index < -0.39 is 29.4 Å². The summed E-state index contributed by atoms with van der Waals surface area (Å²) in [6.45, 7) is 3.49. The number of nitrogens with one attached hydrogen (secondary N) is 1. The van der Waals surface area contributed by atoms with Crippen LogP contribution in [0.1, 0.15) is 25.8 Å². The van der Waals surface area contributed by atoms with Crippen LogP contribution in [0.4, 0.5) is 8.78 Å². The number of rotatable bonds is 6. The van der Waals surface area contributed by atoms with E-state index in [1.807, 2.05) is 5.32 Å². The van der Waals surface area contributed by atoms with Crippen LogP contribution in [0.3, 0.4) is 0 Å². The van der Waals surface area contributed by atoms with Crippen molar-refractivity contribution in [3.8, 4) is 0 Å². The number of benzene rings is 1. The fourth-order valence-corrected chi connectivity index (χ4v) is 1.72. The summed E-state index contributed by atoms with van der Waals surface area (Å²) >= 11 is 0. The van der Waals surface area contributed by atoms with E-state index in [-0.39, 0.29) is 12.3 Å². The Bertz CT molecular complexity index is 475. The number of carbonyl (C=O) groups excluding carboxylic acids is 1. The second kappa shape index (κ2) is 6.45. The minimum Gasteiger partial charge on any atom is -0.480 e. The Labute approximate surface area is 115 Å². The van der Waals surface area contributed by atoms with Crippen molar-refractivity contribution in [2.75, 3.05) is 0 Å². The molecule has 0 aliphatic rings. The van der Waals surface area contributed by atoms with E-state index in [0.717, 1.165) is 12.1 Å². The lowest BCUT2D eigenvalue weighted by molar-refractivity contribution is -0.152. The number of halogens is 2. The molecule has 2 N–H and O–H groups in total. The molecule has 0 unspecified atom stereocenters. The van der Waals surface area contributed by atoms with Gasteiger partial charge < -0.3 is 10.4 Å². The first-order valence-corrected chi connectivity index (χ1v) is 6.22. The maximum atomic E-state index is 13.9. The molecule has 0 aromatic heterocycles. The molecule has 110 valence electrons. The Kier molecular flexibility index (Phi) is 5.19. The van der Waals surface area contributed by atoms with Gasteiger partial charge in [-0.3, -0.25) is 4.79 Å². The van der Waals surface area contributed by atoms with Crippen molar-refractivity contribution in [2.45, 2.75) is 32.2 Å². The summed E-state index contributed by atoms with van der Waals surface area (Å²) in [5.74, 6) is -6.72. The van der Waals surface area contributed by atoms with Gasteiger partial charge in [-0.15, -0.1) is 0 Å². The Morgan fingerprint density at radius 3 is 2.25 bits per heavy atom. The van der Waals surface area contributed by atoms with Gasteiger partial charge in [-0.1, -0.05) is 44.2 Å². The number of hydrogen-bond acceptors (Lipinski definition) is 2. The van der Waals surface area contributed by atoms with E-state index in [0.29, 0.717) is 0 Å². The summed E-state index contributed by atoms with van der Waals surface area (Å²) in [4.78, 5) is 22.6. The molecule has 1 amide bonds. The van der Waals surface area contributed by atoms with Crippen LogP contribution in [-0.4, -0.2) is 23.0 Å². The van der Waals surface area contributed by atoms with Crippen molar-refractivity contribution in [3.63, 3.8) is 0 Å². The Balaban J connectivity index is 2.85. The highest BCUT2D eigenvalue weighted by atomic mass is 19.3. The number of hydrogen-bond donors (Lipinski definition) is 2. The van der Waals surface area contributed by atoms with Crippen molar-refractivity contribution >= 4 is 11.9 Å². The number of carboxylic acids is 1. The fraction of sp³-hybridized carbons (Fsp3) is 0.429. The van der Waals surface area contributed by atoms with Crippen LogP contribution in [0.15, 0.2) is 30.3 Å². The fourth-order valence-electron chi connectivity index (χ4n) is 1.72. The third-order valence-electron chi connectivity index (χ3n) is 2.73. The predicted molar refractivity (Wildman–Crippen MR) is 69.4 cm³/mol. The van der Waals surface area contributed by atoms with E-state index in [9.17, 15) is 18.4 Å². The average Bonchev–Trinajstić information content (AvgIpc) is 2.38. The molecular formula is C14H17F2NO3. The van der Waals surface area contributed by atoms with Gasteiger partial charge in [0.25, 0.3) is 5.91 Å². The zero-order chi connectivity index (χ0) is 15.3. The standard InChI is InChI=1S/C14H17F2NO3/c1-9(2)8-11(12(18)19)17-13(20)14(15,16)10-6-4-3-5-7-10/h3-7,9,11H,8H2,1-2H3,(H,17,20)(H,18,19)/t11-/m0/s1. The van der Waals surface area contributed by atoms with Gasteiger partial charge in [-0.2, -0.15) is 8.78 Å². The highest BCUT2D eigenvalue weighted by Crippen LogP contribution is 2.28. The highest BCUT2D eigenvalue weighted by Gasteiger charge is 2.42. The minimum absolute atomic E-state index is 0.0400. The number of carboxylic acid groups (broad SMARTS) is 1. The summed E-state index contributed by atoms with van der Waals surface area (Å²) in [6, 6.07) is 5.25. The molecule has 0 heterocycles. The van der Waals surface area contributed by atoms with Crippen LogP contribution >= 0.6 is 0 Å². The van der Waals surface area contributed by atoms with Gasteiger partial charge in [0, 0.05) is 5.56 Å². The second-order valence-electron chi connectivity index (χ2n) is 4.93. The molecule has 1 aromatic carbocycles. The first-order chi connectivity index (χ1) is 9.25. The molecule has 1 atom stereocenters. The minimum atomic E-state index is -3.76. The molecule has 0 bridgehead atoms. The molecule has 1 aromatic rings. The molecule has 20 heavy (non-hydrogen) atoms. The monoisotopic (exact) mass is 285 g/mol. The van der Waals surface area contributed by atoms with Gasteiger partial charge in [0.05, 0.1) is 0 Å². The van der Waals surface area contributed by atoms with Crippen molar-refractivity contribution in [3.05, 3.63) is 35.9 Å². The summed E-state index contributed by atoms with van der Waals surface area (Å²) in [7, 11) is 0. The predicted octanol–water partition coefficient (Wildman–Crippen LogP) is 2.39. The van der Waals surface area contributed by atoms with E-state index in [1.54, 1.807) is 19.9 Å². The number of amides is 1. The lowest BCUT2D eigenvalue weighted by Crippen LogP contribution is -2.47. The van der Waals surface area contributed by atoms with Gasteiger partial charge in [0.1, 0.15) is 6.04 Å². The first kappa shape index (κ1) is 16.1. The summed E-state index contributed by atoms with van der Waals surface area (Å²) in [5, 5.41) is 10.8. The molecular weight excluding hydrogens is 268 g/mol. The van der Waals surface area contributed by atoms with E-state index in [1.165, 1.54) is 12.1 Å². The molecule has 0 saturated carbocycles. The van der Waals surface area contributed by atoms with Gasteiger partial charge in [0.15, 0.2) is 0 Å². The molecule has 0 aliphatic carbocycles. The normalized spacial score (nSPS) is 13.1. The highest BCUT2D eigenvalue weighted by molar-refractivity contribution is 5.88. The average molecular weight is 285 g/mol. The topological polar surface area (TPSA) is 66.4 Å². The maximum absolute atomic E-state index is 13.9. The molecule has 6 heteroatoms. The maximum Gasteiger partial charge on any atom is 0.349 e. The van der Waals surface area contributed by atoms with Crippen molar-refractivity contribution in [1.82, 2.24) is 5.32 Å². The van der Waals surface area contributed by atoms with E-state index in [4.69, 9.17) is 5.11 Å². The van der Waals surface area contributed by atoms with E-state index in [2.05, 4.69) is 0 Å². The SMILES string of the molecule is CC(C)C[C@H](NC(=O)C(F)(F)c1ccccc1)C(=O)O. The summed E-state index contributed by atoms with van der Waals surface area (Å²) < 4.78 is 27.8. The van der Waals surface area contributed by atoms with Crippen LogP contribution in [0.2, 0.25) is 0 Å². The Hall–Kier alpha value is -1.98. The molecule has 0 radical (unpaired) electrons. The van der Waals surface area contributed by atoms with Crippen LogP contribution in [0, 0.1) is 5.92 Å². The third kappa shape index (κ3) is 4.01. The molecule has 0 spiro atoms. The lowest BCUT2D eigenvalue weighted by Gasteiger charge is -2.21. The zero-order valence-corrected chi connectivity index (χ0v) is 11.3. The molecule has 1 rings (SSSR count). The zero-order valence-electron chi connectivity index (χ0n) is 11.3. The molecule has 0 fully saturated rings. The van der Waals surface area contributed by atoms with Gasteiger partial charge >= 0.3 is 11.9 Å². The van der Waals surface area contributed by atoms with Crippen molar-refractivity contribution in [2.24, 2.45) is 5.92 Å². The van der Waals surface area contributed by atoms with Crippen LogP contribution in [-0.2, 0) is 15.5 Å². The smallest absolute Gasteiger partial charge is 0.349 e. The summed E-state index contributed by atoms with van der Waals surface area (Å²) in [5.41, 5.74) is -0.466. The first-order valence-electron chi connectivity index (χ1n) is 6.22. The van der Waals surface area contributed by atoms with Crippen molar-refractivity contribution in [1.29, 1.82) is 0 Å². The van der Waals surface area contributed by atoms with Crippen LogP contribution < -0.4 is 5.32 Å². The third-order valence-corrected chi connectivity index (χ3v) is 2.73. The number of aliphatic carboxylic acids is 1. The Morgan fingerprint density at radius 2 is 1.80 bits per heavy atom. The number of alkyl halides is 2. The van der Waals surface area contributed by atoms with Gasteiger partial charge in [-0.25, -0.2) is 4.79 Å². The van der Waals surface area contributed by atoms with Gasteiger partial charge in [0.2, 0.25) is 0 Å². The Morgan fingerprint density at radius 1 is 1.25 bits per heavy atom. The molecule has 0 aliphatic heterocycles. The second-order valence-corrected chi connectivity index (χ2v) is 4.93. The van der Waals surface area contributed by atoms with Crippen LogP contribution in [0.5, 0.6) is 0 Å². The number of carbonyl (C=O) groups is 2. The summed E-state index contributed by atoms with van der Waals surface area (Å²) in [6.07, 6.45) is 0.0892. The van der Waals surface area contributed by atoms with Crippen LogP contribution in [0.25, 0.3) is 0 Å².